The first-order chi connectivity index (χ1) is 11.8. The van der Waals surface area contributed by atoms with Crippen molar-refractivity contribution in [3.05, 3.63) is 60.1 Å². The van der Waals surface area contributed by atoms with Crippen LogP contribution in [0.25, 0.3) is 0 Å². The number of benzene rings is 1. The summed E-state index contributed by atoms with van der Waals surface area (Å²) in [4.78, 5) is 14.4. The molecule has 1 amide bonds. The van der Waals surface area contributed by atoms with Crippen molar-refractivity contribution in [1.29, 1.82) is 0 Å². The molecule has 1 aliphatic rings. The second-order valence-electron chi connectivity index (χ2n) is 6.15. The molecular weight excluding hydrogens is 304 g/mol. The van der Waals surface area contributed by atoms with Crippen LogP contribution >= 0.6 is 0 Å². The highest BCUT2D eigenvalue weighted by atomic mass is 16.5. The van der Waals surface area contributed by atoms with Gasteiger partial charge in [-0.2, -0.15) is 0 Å². The van der Waals surface area contributed by atoms with Crippen molar-refractivity contribution in [1.82, 2.24) is 10.2 Å². The Kier molecular flexibility index (Phi) is 6.04. The highest BCUT2D eigenvalue weighted by Gasteiger charge is 2.21. The second-order valence-corrected chi connectivity index (χ2v) is 6.15. The maximum Gasteiger partial charge on any atom is 0.234 e. The molecule has 2 heterocycles. The van der Waals surface area contributed by atoms with Crippen LogP contribution in [0.15, 0.2) is 53.1 Å². The fraction of sp³-hybridized carbons (Fsp3) is 0.421. The van der Waals surface area contributed by atoms with Crippen molar-refractivity contribution in [2.45, 2.75) is 32.0 Å². The third-order valence-electron chi connectivity index (χ3n) is 4.14. The minimum absolute atomic E-state index is 0.000304. The molecule has 1 unspecified atom stereocenters. The highest BCUT2D eigenvalue weighted by Crippen LogP contribution is 2.15. The number of hydrogen-bond donors (Lipinski definition) is 1. The molecule has 1 aromatic carbocycles. The largest absolute Gasteiger partial charge is 0.467 e. The van der Waals surface area contributed by atoms with Crippen molar-refractivity contribution in [2.75, 3.05) is 19.7 Å². The topological polar surface area (TPSA) is 54.7 Å². The summed E-state index contributed by atoms with van der Waals surface area (Å²) in [5.74, 6) is 0.761. The third-order valence-corrected chi connectivity index (χ3v) is 4.14. The van der Waals surface area contributed by atoms with E-state index in [0.29, 0.717) is 13.1 Å². The van der Waals surface area contributed by atoms with Crippen LogP contribution in [0.4, 0.5) is 0 Å². The van der Waals surface area contributed by atoms with Crippen LogP contribution in [0.2, 0.25) is 0 Å². The Morgan fingerprint density at radius 2 is 2.08 bits per heavy atom. The molecule has 1 aromatic heterocycles. The molecule has 0 spiro atoms. The molecule has 1 saturated heterocycles. The Labute approximate surface area is 142 Å². The van der Waals surface area contributed by atoms with Gasteiger partial charge in [0.1, 0.15) is 5.76 Å². The molecule has 24 heavy (non-hydrogen) atoms. The molecule has 1 fully saturated rings. The van der Waals surface area contributed by atoms with Gasteiger partial charge in [0.15, 0.2) is 0 Å². The average Bonchev–Trinajstić information content (AvgIpc) is 3.27. The zero-order valence-corrected chi connectivity index (χ0v) is 13.8. The summed E-state index contributed by atoms with van der Waals surface area (Å²) < 4.78 is 11.0. The number of furan rings is 1. The molecule has 5 heteroatoms. The minimum Gasteiger partial charge on any atom is -0.467 e. The van der Waals surface area contributed by atoms with Crippen molar-refractivity contribution in [3.8, 4) is 0 Å². The normalized spacial score (nSPS) is 17.3. The van der Waals surface area contributed by atoms with Crippen LogP contribution in [0, 0.1) is 0 Å². The van der Waals surface area contributed by atoms with Gasteiger partial charge in [0.2, 0.25) is 5.91 Å². The van der Waals surface area contributed by atoms with Gasteiger partial charge >= 0.3 is 0 Å². The highest BCUT2D eigenvalue weighted by molar-refractivity contribution is 5.77. The van der Waals surface area contributed by atoms with E-state index < -0.39 is 0 Å². The lowest BCUT2D eigenvalue weighted by molar-refractivity contribution is -0.123. The van der Waals surface area contributed by atoms with E-state index in [-0.39, 0.29) is 12.0 Å². The van der Waals surface area contributed by atoms with E-state index in [1.54, 1.807) is 6.26 Å². The monoisotopic (exact) mass is 328 g/mol. The van der Waals surface area contributed by atoms with Gasteiger partial charge in [0, 0.05) is 19.7 Å². The summed E-state index contributed by atoms with van der Waals surface area (Å²) in [6.07, 6.45) is 4.01. The Morgan fingerprint density at radius 3 is 2.79 bits per heavy atom. The van der Waals surface area contributed by atoms with Gasteiger partial charge < -0.3 is 14.5 Å². The molecular formula is C19H24N2O3. The van der Waals surface area contributed by atoms with Crippen LogP contribution in [0.5, 0.6) is 0 Å². The van der Waals surface area contributed by atoms with Crippen LogP contribution in [-0.4, -0.2) is 36.6 Å². The first-order valence-corrected chi connectivity index (χ1v) is 8.46. The zero-order chi connectivity index (χ0) is 16.6. The molecule has 0 aliphatic carbocycles. The van der Waals surface area contributed by atoms with Crippen LogP contribution < -0.4 is 5.32 Å². The van der Waals surface area contributed by atoms with Crippen molar-refractivity contribution in [3.63, 3.8) is 0 Å². The van der Waals surface area contributed by atoms with Crippen molar-refractivity contribution in [2.24, 2.45) is 0 Å². The molecule has 5 nitrogen and oxygen atoms in total. The van der Waals surface area contributed by atoms with Gasteiger partial charge in [0.25, 0.3) is 0 Å². The van der Waals surface area contributed by atoms with Crippen molar-refractivity contribution < 1.29 is 13.9 Å². The smallest absolute Gasteiger partial charge is 0.234 e. The van der Waals surface area contributed by atoms with Crippen molar-refractivity contribution >= 4 is 5.91 Å². The Morgan fingerprint density at radius 1 is 1.21 bits per heavy atom. The molecule has 0 bridgehead atoms. The first kappa shape index (κ1) is 16.7. The zero-order valence-electron chi connectivity index (χ0n) is 13.8. The van der Waals surface area contributed by atoms with Crippen LogP contribution in [0.3, 0.4) is 0 Å². The van der Waals surface area contributed by atoms with Gasteiger partial charge in [-0.15, -0.1) is 0 Å². The number of rotatable bonds is 8. The number of amides is 1. The summed E-state index contributed by atoms with van der Waals surface area (Å²) in [5.41, 5.74) is 1.20. The number of carbonyl (C=O) groups is 1. The SMILES string of the molecule is O=C(CN(Cc1ccccc1)CC1CCCO1)NCc1ccco1. The van der Waals surface area contributed by atoms with E-state index in [0.717, 1.165) is 38.3 Å². The lowest BCUT2D eigenvalue weighted by Gasteiger charge is -2.24. The van der Waals surface area contributed by atoms with E-state index in [2.05, 4.69) is 22.3 Å². The quantitative estimate of drug-likeness (QED) is 0.809. The average molecular weight is 328 g/mol. The first-order valence-electron chi connectivity index (χ1n) is 8.46. The second kappa shape index (κ2) is 8.66. The lowest BCUT2D eigenvalue weighted by atomic mass is 10.2. The van der Waals surface area contributed by atoms with Gasteiger partial charge in [-0.1, -0.05) is 30.3 Å². The summed E-state index contributed by atoms with van der Waals surface area (Å²) in [7, 11) is 0. The molecule has 0 saturated carbocycles. The molecule has 3 rings (SSSR count). The summed E-state index contributed by atoms with van der Waals surface area (Å²) in [5, 5.41) is 2.91. The molecule has 128 valence electrons. The van der Waals surface area contributed by atoms with E-state index in [4.69, 9.17) is 9.15 Å². The maximum atomic E-state index is 12.3. The molecule has 0 radical (unpaired) electrons. The Bertz CT molecular complexity index is 607. The summed E-state index contributed by atoms with van der Waals surface area (Å²) in [6.45, 7) is 3.13. The molecule has 1 aliphatic heterocycles. The number of nitrogens with zero attached hydrogens (tertiary/aromatic N) is 1. The Hall–Kier alpha value is -2.11. The van der Waals surface area contributed by atoms with E-state index in [1.807, 2.05) is 30.3 Å². The molecule has 2 aromatic rings. The van der Waals surface area contributed by atoms with Crippen LogP contribution in [0.1, 0.15) is 24.2 Å². The number of nitrogens with one attached hydrogen (secondary N) is 1. The molecule has 1 N–H and O–H groups in total. The third kappa shape index (κ3) is 5.22. The van der Waals surface area contributed by atoms with Gasteiger partial charge in [-0.25, -0.2) is 0 Å². The minimum atomic E-state index is 0.000304. The summed E-state index contributed by atoms with van der Waals surface area (Å²) in [6, 6.07) is 13.9. The van der Waals surface area contributed by atoms with Crippen LogP contribution in [-0.2, 0) is 22.6 Å². The Balaban J connectivity index is 1.54. The standard InChI is InChI=1S/C19H24N2O3/c22-19(20-12-17-8-4-10-23-17)15-21(14-18-9-5-11-24-18)13-16-6-2-1-3-7-16/h1-4,6-8,10,18H,5,9,11-15H2,(H,20,22). The predicted octanol–water partition coefficient (Wildman–Crippen LogP) is 2.58. The molecule has 1 atom stereocenters. The number of hydrogen-bond acceptors (Lipinski definition) is 4. The van der Waals surface area contributed by atoms with E-state index in [9.17, 15) is 4.79 Å². The maximum absolute atomic E-state index is 12.3. The fourth-order valence-corrected chi connectivity index (χ4v) is 2.96. The predicted molar refractivity (Wildman–Crippen MR) is 91.2 cm³/mol. The summed E-state index contributed by atoms with van der Waals surface area (Å²) >= 11 is 0. The van der Waals surface area contributed by atoms with E-state index in [1.165, 1.54) is 5.56 Å². The van der Waals surface area contributed by atoms with Gasteiger partial charge in [0.05, 0.1) is 25.5 Å². The van der Waals surface area contributed by atoms with Gasteiger partial charge in [-0.05, 0) is 30.5 Å². The van der Waals surface area contributed by atoms with Gasteiger partial charge in [-0.3, -0.25) is 9.69 Å². The lowest BCUT2D eigenvalue weighted by Crippen LogP contribution is -2.40. The van der Waals surface area contributed by atoms with E-state index >= 15 is 0 Å². The number of carbonyl (C=O) groups excluding carboxylic acids is 1. The number of ether oxygens (including phenoxy) is 1. The fourth-order valence-electron chi connectivity index (χ4n) is 2.96.